The van der Waals surface area contributed by atoms with Crippen LogP contribution in [-0.4, -0.2) is 22.5 Å². The molecule has 0 aromatic carbocycles. The normalized spacial score (nSPS) is 18.6. The number of hydrogen-bond donors (Lipinski definition) is 2. The number of nitrogens with two attached hydrogens (primary N) is 1. The Morgan fingerprint density at radius 1 is 1.39 bits per heavy atom. The van der Waals surface area contributed by atoms with Crippen molar-refractivity contribution in [3.8, 4) is 0 Å². The summed E-state index contributed by atoms with van der Waals surface area (Å²) in [6.45, 7) is 0.931. The van der Waals surface area contributed by atoms with Gasteiger partial charge < -0.3 is 11.1 Å². The van der Waals surface area contributed by atoms with Crippen LogP contribution in [0.3, 0.4) is 0 Å². The van der Waals surface area contributed by atoms with E-state index >= 15 is 0 Å². The van der Waals surface area contributed by atoms with Crippen molar-refractivity contribution >= 4 is 34.9 Å². The molecule has 0 spiro atoms. The van der Waals surface area contributed by atoms with Crippen LogP contribution in [0.1, 0.15) is 32.1 Å². The number of thioether (sulfide) groups is 1. The van der Waals surface area contributed by atoms with Crippen molar-refractivity contribution in [2.45, 2.75) is 36.9 Å². The van der Waals surface area contributed by atoms with Crippen molar-refractivity contribution in [1.82, 2.24) is 4.98 Å². The molecule has 1 aliphatic carbocycles. The van der Waals surface area contributed by atoms with Crippen molar-refractivity contribution in [3.05, 3.63) is 17.3 Å². The molecule has 0 saturated heterocycles. The second-order valence-electron chi connectivity index (χ2n) is 4.91. The highest BCUT2D eigenvalue weighted by molar-refractivity contribution is 8.00. The standard InChI is InChI=1S/C13H20ClN3S/c1-18-13(5-3-2-4-6-13)9-16-12-8-10(15)7-11(14)17-12/h7-8H,2-6,9H2,1H3,(H3,15,16,17). The SMILES string of the molecule is CSC1(CNc2cc(N)cc(Cl)n2)CCCCC1. The van der Waals surface area contributed by atoms with Gasteiger partial charge in [-0.2, -0.15) is 11.8 Å². The zero-order valence-corrected chi connectivity index (χ0v) is 12.3. The van der Waals surface area contributed by atoms with Gasteiger partial charge >= 0.3 is 0 Å². The van der Waals surface area contributed by atoms with E-state index in [1.807, 2.05) is 17.8 Å². The van der Waals surface area contributed by atoms with E-state index in [9.17, 15) is 0 Å². The Morgan fingerprint density at radius 3 is 2.72 bits per heavy atom. The van der Waals surface area contributed by atoms with E-state index in [0.717, 1.165) is 12.4 Å². The summed E-state index contributed by atoms with van der Waals surface area (Å²) in [4.78, 5) is 4.25. The summed E-state index contributed by atoms with van der Waals surface area (Å²) in [5, 5.41) is 3.84. The van der Waals surface area contributed by atoms with Gasteiger partial charge in [0.1, 0.15) is 11.0 Å². The minimum absolute atomic E-state index is 0.344. The highest BCUT2D eigenvalue weighted by Crippen LogP contribution is 2.38. The van der Waals surface area contributed by atoms with Crippen molar-refractivity contribution < 1.29 is 0 Å². The van der Waals surface area contributed by atoms with Gasteiger partial charge in [0.05, 0.1) is 0 Å². The molecule has 18 heavy (non-hydrogen) atoms. The summed E-state index contributed by atoms with van der Waals surface area (Å²) in [5.74, 6) is 0.777. The number of nitrogens with one attached hydrogen (secondary N) is 1. The fourth-order valence-corrected chi connectivity index (χ4v) is 3.64. The van der Waals surface area contributed by atoms with Crippen molar-refractivity contribution in [2.24, 2.45) is 0 Å². The van der Waals surface area contributed by atoms with E-state index in [1.165, 1.54) is 32.1 Å². The van der Waals surface area contributed by atoms with Gasteiger partial charge in [0.2, 0.25) is 0 Å². The summed E-state index contributed by atoms with van der Waals surface area (Å²) < 4.78 is 0.344. The minimum atomic E-state index is 0.344. The quantitative estimate of drug-likeness (QED) is 0.826. The Labute approximate surface area is 118 Å². The summed E-state index contributed by atoms with van der Waals surface area (Å²) in [7, 11) is 0. The van der Waals surface area contributed by atoms with Crippen LogP contribution >= 0.6 is 23.4 Å². The average Bonchev–Trinajstić information content (AvgIpc) is 2.36. The number of pyridine rings is 1. The molecule has 100 valence electrons. The van der Waals surface area contributed by atoms with E-state index in [1.54, 1.807) is 6.07 Å². The maximum atomic E-state index is 5.90. The van der Waals surface area contributed by atoms with Crippen LogP contribution in [-0.2, 0) is 0 Å². The first-order valence-electron chi connectivity index (χ1n) is 6.36. The second kappa shape index (κ2) is 6.02. The molecule has 0 bridgehead atoms. The van der Waals surface area contributed by atoms with E-state index in [-0.39, 0.29) is 0 Å². The van der Waals surface area contributed by atoms with Gasteiger partial charge in [-0.1, -0.05) is 30.9 Å². The molecule has 1 aliphatic rings. The van der Waals surface area contributed by atoms with E-state index < -0.39 is 0 Å². The predicted octanol–water partition coefficient (Wildman–Crippen LogP) is 3.80. The van der Waals surface area contributed by atoms with Crippen molar-refractivity contribution in [1.29, 1.82) is 0 Å². The molecule has 0 aliphatic heterocycles. The lowest BCUT2D eigenvalue weighted by molar-refractivity contribution is 0.411. The third-order valence-electron chi connectivity index (χ3n) is 3.61. The van der Waals surface area contributed by atoms with Crippen LogP contribution < -0.4 is 11.1 Å². The van der Waals surface area contributed by atoms with Crippen LogP contribution in [0.4, 0.5) is 11.5 Å². The molecule has 1 aromatic rings. The van der Waals surface area contributed by atoms with Crippen LogP contribution in [0.15, 0.2) is 12.1 Å². The lowest BCUT2D eigenvalue weighted by Crippen LogP contribution is -2.35. The molecule has 3 N–H and O–H groups in total. The van der Waals surface area contributed by atoms with Gasteiger partial charge in [0.25, 0.3) is 0 Å². The maximum absolute atomic E-state index is 5.90. The van der Waals surface area contributed by atoms with Crippen LogP contribution in [0, 0.1) is 0 Å². The molecule has 1 saturated carbocycles. The molecule has 2 rings (SSSR count). The van der Waals surface area contributed by atoms with Gasteiger partial charge in [-0.05, 0) is 25.2 Å². The second-order valence-corrected chi connectivity index (χ2v) is 6.57. The van der Waals surface area contributed by atoms with E-state index in [0.29, 0.717) is 15.6 Å². The van der Waals surface area contributed by atoms with Gasteiger partial charge in [-0.15, -0.1) is 0 Å². The topological polar surface area (TPSA) is 50.9 Å². The first kappa shape index (κ1) is 13.8. The number of hydrogen-bond acceptors (Lipinski definition) is 4. The zero-order chi connectivity index (χ0) is 13.0. The van der Waals surface area contributed by atoms with Gasteiger partial charge in [0.15, 0.2) is 0 Å². The molecule has 1 fully saturated rings. The summed E-state index contributed by atoms with van der Waals surface area (Å²) in [5.41, 5.74) is 6.42. The van der Waals surface area contributed by atoms with Gasteiger partial charge in [-0.3, -0.25) is 0 Å². The Morgan fingerprint density at radius 2 is 2.11 bits per heavy atom. The first-order chi connectivity index (χ1) is 8.63. The number of nitrogen functional groups attached to an aromatic ring is 1. The molecule has 1 aromatic heterocycles. The van der Waals surface area contributed by atoms with Crippen molar-refractivity contribution in [2.75, 3.05) is 23.9 Å². The molecule has 0 atom stereocenters. The fourth-order valence-electron chi connectivity index (χ4n) is 2.51. The van der Waals surface area contributed by atoms with Crippen molar-refractivity contribution in [3.63, 3.8) is 0 Å². The smallest absolute Gasteiger partial charge is 0.133 e. The summed E-state index contributed by atoms with van der Waals surface area (Å²) in [6.07, 6.45) is 8.77. The number of anilines is 2. The van der Waals surface area contributed by atoms with Gasteiger partial charge in [0, 0.05) is 23.0 Å². The lowest BCUT2D eigenvalue weighted by atomic mass is 9.88. The number of rotatable bonds is 4. The Bertz CT molecular complexity index is 385. The average molecular weight is 286 g/mol. The van der Waals surface area contributed by atoms with E-state index in [2.05, 4.69) is 16.6 Å². The van der Waals surface area contributed by atoms with Crippen LogP contribution in [0.5, 0.6) is 0 Å². The number of halogens is 1. The number of nitrogens with zero attached hydrogens (tertiary/aromatic N) is 1. The molecular weight excluding hydrogens is 266 g/mol. The predicted molar refractivity (Wildman–Crippen MR) is 81.5 cm³/mol. The highest BCUT2D eigenvalue weighted by atomic mass is 35.5. The molecule has 3 nitrogen and oxygen atoms in total. The lowest BCUT2D eigenvalue weighted by Gasteiger charge is -2.36. The van der Waals surface area contributed by atoms with Gasteiger partial charge in [-0.25, -0.2) is 4.98 Å². The maximum Gasteiger partial charge on any atom is 0.133 e. The number of aromatic nitrogens is 1. The Hall–Kier alpha value is -0.610. The Balaban J connectivity index is 2.00. The molecule has 5 heteroatoms. The molecule has 0 amide bonds. The van der Waals surface area contributed by atoms with E-state index in [4.69, 9.17) is 17.3 Å². The fraction of sp³-hybridized carbons (Fsp3) is 0.615. The monoisotopic (exact) mass is 285 g/mol. The highest BCUT2D eigenvalue weighted by Gasteiger charge is 2.30. The first-order valence-corrected chi connectivity index (χ1v) is 7.96. The summed E-state index contributed by atoms with van der Waals surface area (Å²) in [6, 6.07) is 3.50. The Kier molecular flexibility index (Phi) is 4.62. The largest absolute Gasteiger partial charge is 0.399 e. The molecule has 0 unspecified atom stereocenters. The third-order valence-corrected chi connectivity index (χ3v) is 5.22. The third kappa shape index (κ3) is 3.45. The summed E-state index contributed by atoms with van der Waals surface area (Å²) >= 11 is 7.87. The van der Waals surface area contributed by atoms with Crippen LogP contribution in [0.25, 0.3) is 0 Å². The molecule has 1 heterocycles. The molecule has 0 radical (unpaired) electrons. The molecular formula is C13H20ClN3S. The zero-order valence-electron chi connectivity index (χ0n) is 10.7. The minimum Gasteiger partial charge on any atom is -0.399 e. The van der Waals surface area contributed by atoms with Crippen LogP contribution in [0.2, 0.25) is 5.15 Å².